The summed E-state index contributed by atoms with van der Waals surface area (Å²) in [6.45, 7) is 2.08. The van der Waals surface area contributed by atoms with Gasteiger partial charge in [0.05, 0.1) is 11.2 Å². The maximum absolute atomic E-state index is 12.1. The molecule has 0 aliphatic rings. The van der Waals surface area contributed by atoms with Gasteiger partial charge >= 0.3 is 0 Å². The summed E-state index contributed by atoms with van der Waals surface area (Å²) in [4.78, 5) is 12.1. The Hall–Kier alpha value is -1.77. The number of terminal acetylenes is 1. The van der Waals surface area contributed by atoms with Crippen LogP contribution >= 0.6 is 22.9 Å². The van der Waals surface area contributed by atoms with Crippen LogP contribution < -0.4 is 10.9 Å². The SMILES string of the molecule is C#CCn1ncc(Cl)c(NC(C)c2ccsc2)c1=O. The molecular weight excluding hydrogens is 282 g/mol. The van der Waals surface area contributed by atoms with Gasteiger partial charge in [0.25, 0.3) is 5.56 Å². The molecule has 0 aromatic carbocycles. The first-order chi connectivity index (χ1) is 9.13. The monoisotopic (exact) mass is 293 g/mol. The Morgan fingerprint density at radius 2 is 2.47 bits per heavy atom. The van der Waals surface area contributed by atoms with Crippen LogP contribution in [0.3, 0.4) is 0 Å². The molecule has 98 valence electrons. The fraction of sp³-hybridized carbons (Fsp3) is 0.231. The van der Waals surface area contributed by atoms with E-state index < -0.39 is 0 Å². The van der Waals surface area contributed by atoms with E-state index in [0.29, 0.717) is 10.7 Å². The molecule has 4 nitrogen and oxygen atoms in total. The predicted molar refractivity (Wildman–Crippen MR) is 78.7 cm³/mol. The Balaban J connectivity index is 2.32. The standard InChI is InChI=1S/C13H12ClN3OS/c1-3-5-17-13(18)12(11(14)7-15-17)16-9(2)10-4-6-19-8-10/h1,4,6-9,16H,5H2,2H3. The lowest BCUT2D eigenvalue weighted by molar-refractivity contribution is 0.662. The van der Waals surface area contributed by atoms with Crippen LogP contribution in [0.1, 0.15) is 18.5 Å². The van der Waals surface area contributed by atoms with Crippen LogP contribution in [0.15, 0.2) is 27.8 Å². The molecule has 0 fully saturated rings. The minimum Gasteiger partial charge on any atom is -0.373 e. The molecule has 0 saturated heterocycles. The lowest BCUT2D eigenvalue weighted by atomic mass is 10.2. The van der Waals surface area contributed by atoms with Gasteiger partial charge in [-0.15, -0.1) is 6.42 Å². The minimum absolute atomic E-state index is 0.0156. The molecule has 2 aromatic rings. The largest absolute Gasteiger partial charge is 0.373 e. The Bertz CT molecular complexity index is 658. The van der Waals surface area contributed by atoms with Crippen LogP contribution in [-0.4, -0.2) is 9.78 Å². The van der Waals surface area contributed by atoms with Gasteiger partial charge in [0.15, 0.2) is 0 Å². The highest BCUT2D eigenvalue weighted by Crippen LogP contribution is 2.23. The van der Waals surface area contributed by atoms with Crippen LogP contribution in [0, 0.1) is 12.3 Å². The summed E-state index contributed by atoms with van der Waals surface area (Å²) in [6, 6.07) is 1.98. The van der Waals surface area contributed by atoms with Crippen molar-refractivity contribution in [3.8, 4) is 12.3 Å². The normalized spacial score (nSPS) is 11.8. The first-order valence-corrected chi connectivity index (χ1v) is 6.93. The van der Waals surface area contributed by atoms with E-state index in [-0.39, 0.29) is 18.1 Å². The van der Waals surface area contributed by atoms with Gasteiger partial charge in [-0.3, -0.25) is 4.79 Å². The van der Waals surface area contributed by atoms with Crippen molar-refractivity contribution in [3.05, 3.63) is 44.0 Å². The number of hydrogen-bond donors (Lipinski definition) is 1. The third-order valence-electron chi connectivity index (χ3n) is 2.64. The van der Waals surface area contributed by atoms with E-state index >= 15 is 0 Å². The van der Waals surface area contributed by atoms with Gasteiger partial charge in [-0.1, -0.05) is 17.5 Å². The molecule has 0 aliphatic heterocycles. The van der Waals surface area contributed by atoms with E-state index in [1.807, 2.05) is 23.8 Å². The maximum Gasteiger partial charge on any atom is 0.292 e. The molecule has 2 heterocycles. The zero-order chi connectivity index (χ0) is 13.8. The molecule has 1 unspecified atom stereocenters. The second kappa shape index (κ2) is 5.91. The van der Waals surface area contributed by atoms with Gasteiger partial charge < -0.3 is 5.32 Å². The molecule has 2 aromatic heterocycles. The number of rotatable bonds is 4. The van der Waals surface area contributed by atoms with Crippen LogP contribution in [0.2, 0.25) is 5.02 Å². The highest BCUT2D eigenvalue weighted by molar-refractivity contribution is 7.08. The molecule has 0 radical (unpaired) electrons. The summed E-state index contributed by atoms with van der Waals surface area (Å²) >= 11 is 7.62. The molecule has 0 saturated carbocycles. The quantitative estimate of drug-likeness (QED) is 0.882. The van der Waals surface area contributed by atoms with Crippen molar-refractivity contribution in [1.82, 2.24) is 9.78 Å². The first-order valence-electron chi connectivity index (χ1n) is 5.61. The molecule has 1 atom stereocenters. The Kier molecular flexibility index (Phi) is 4.25. The molecule has 0 amide bonds. The third-order valence-corrected chi connectivity index (χ3v) is 3.63. The third kappa shape index (κ3) is 2.98. The zero-order valence-electron chi connectivity index (χ0n) is 10.3. The molecule has 0 aliphatic carbocycles. The minimum atomic E-state index is -0.312. The lowest BCUT2D eigenvalue weighted by Gasteiger charge is -2.15. The number of hydrogen-bond acceptors (Lipinski definition) is 4. The highest BCUT2D eigenvalue weighted by atomic mass is 35.5. The number of anilines is 1. The number of halogens is 1. The van der Waals surface area contributed by atoms with Crippen molar-refractivity contribution < 1.29 is 0 Å². The molecular formula is C13H12ClN3OS. The van der Waals surface area contributed by atoms with E-state index in [1.54, 1.807) is 11.3 Å². The second-order valence-corrected chi connectivity index (χ2v) is 5.14. The van der Waals surface area contributed by atoms with E-state index in [2.05, 4.69) is 16.3 Å². The Morgan fingerprint density at radius 1 is 1.68 bits per heavy atom. The summed E-state index contributed by atoms with van der Waals surface area (Å²) < 4.78 is 1.20. The van der Waals surface area contributed by atoms with E-state index in [1.165, 1.54) is 10.9 Å². The fourth-order valence-electron chi connectivity index (χ4n) is 1.62. The van der Waals surface area contributed by atoms with Crippen molar-refractivity contribution in [1.29, 1.82) is 0 Å². The molecule has 19 heavy (non-hydrogen) atoms. The van der Waals surface area contributed by atoms with Crippen molar-refractivity contribution in [2.75, 3.05) is 5.32 Å². The fourth-order valence-corrected chi connectivity index (χ4v) is 2.55. The van der Waals surface area contributed by atoms with E-state index in [0.717, 1.165) is 5.56 Å². The topological polar surface area (TPSA) is 46.9 Å². The average Bonchev–Trinajstić information content (AvgIpc) is 2.92. The lowest BCUT2D eigenvalue weighted by Crippen LogP contribution is -2.26. The van der Waals surface area contributed by atoms with Gasteiger partial charge in [-0.25, -0.2) is 4.68 Å². The first kappa shape index (κ1) is 13.7. The van der Waals surface area contributed by atoms with Crippen molar-refractivity contribution >= 4 is 28.6 Å². The summed E-state index contributed by atoms with van der Waals surface area (Å²) in [6.07, 6.45) is 6.61. The van der Waals surface area contributed by atoms with Crippen molar-refractivity contribution in [2.45, 2.75) is 19.5 Å². The van der Waals surface area contributed by atoms with Crippen molar-refractivity contribution in [2.24, 2.45) is 0 Å². The Morgan fingerprint density at radius 3 is 3.11 bits per heavy atom. The van der Waals surface area contributed by atoms with Gasteiger partial charge in [0.1, 0.15) is 12.2 Å². The number of thiophene rings is 1. The van der Waals surface area contributed by atoms with Crippen LogP contribution in [0.5, 0.6) is 0 Å². The van der Waals surface area contributed by atoms with Crippen LogP contribution in [0.25, 0.3) is 0 Å². The maximum atomic E-state index is 12.1. The molecule has 6 heteroatoms. The van der Waals surface area contributed by atoms with Crippen LogP contribution in [0.4, 0.5) is 5.69 Å². The highest BCUT2D eigenvalue weighted by Gasteiger charge is 2.13. The second-order valence-electron chi connectivity index (χ2n) is 3.96. The van der Waals surface area contributed by atoms with Gasteiger partial charge in [-0.2, -0.15) is 16.4 Å². The van der Waals surface area contributed by atoms with Gasteiger partial charge in [0, 0.05) is 6.04 Å². The molecule has 1 N–H and O–H groups in total. The van der Waals surface area contributed by atoms with E-state index in [9.17, 15) is 4.79 Å². The predicted octanol–water partition coefficient (Wildman–Crippen LogP) is 2.76. The summed E-state index contributed by atoms with van der Waals surface area (Å²) in [5.74, 6) is 2.38. The molecule has 0 bridgehead atoms. The Labute approximate surface area is 120 Å². The number of nitrogens with one attached hydrogen (secondary N) is 1. The summed E-state index contributed by atoms with van der Waals surface area (Å²) in [7, 11) is 0. The number of aromatic nitrogens is 2. The average molecular weight is 294 g/mol. The van der Waals surface area contributed by atoms with E-state index in [4.69, 9.17) is 18.0 Å². The van der Waals surface area contributed by atoms with Gasteiger partial charge in [-0.05, 0) is 29.3 Å². The molecule has 2 rings (SSSR count). The summed E-state index contributed by atoms with van der Waals surface area (Å²) in [5.41, 5.74) is 1.11. The summed E-state index contributed by atoms with van der Waals surface area (Å²) in [5, 5.41) is 11.3. The van der Waals surface area contributed by atoms with Crippen molar-refractivity contribution in [3.63, 3.8) is 0 Å². The molecule has 0 spiro atoms. The number of nitrogens with zero attached hydrogens (tertiary/aromatic N) is 2. The smallest absolute Gasteiger partial charge is 0.292 e. The van der Waals surface area contributed by atoms with Crippen LogP contribution in [-0.2, 0) is 6.54 Å². The zero-order valence-corrected chi connectivity index (χ0v) is 11.8. The van der Waals surface area contributed by atoms with Gasteiger partial charge in [0.2, 0.25) is 0 Å².